The van der Waals surface area contributed by atoms with Gasteiger partial charge in [0.2, 0.25) is 0 Å². The number of benzene rings is 2. The van der Waals surface area contributed by atoms with Crippen molar-refractivity contribution >= 4 is 17.7 Å². The SMILES string of the molecule is CN1C(=O)c2ccc(C(=O)NCC3(c4ccccc4)CCC3)cc2C1=O. The molecule has 0 aromatic heterocycles. The maximum absolute atomic E-state index is 12.6. The van der Waals surface area contributed by atoms with Gasteiger partial charge in [-0.1, -0.05) is 36.8 Å². The first-order valence-corrected chi connectivity index (χ1v) is 8.82. The first-order valence-electron chi connectivity index (χ1n) is 8.82. The molecule has 0 saturated heterocycles. The van der Waals surface area contributed by atoms with E-state index in [-0.39, 0.29) is 23.1 Å². The fourth-order valence-electron chi connectivity index (χ4n) is 3.82. The molecule has 0 spiro atoms. The first-order chi connectivity index (χ1) is 12.5. The van der Waals surface area contributed by atoms with E-state index in [1.54, 1.807) is 12.1 Å². The van der Waals surface area contributed by atoms with Gasteiger partial charge in [0.05, 0.1) is 11.1 Å². The highest BCUT2D eigenvalue weighted by molar-refractivity contribution is 6.21. The fourth-order valence-corrected chi connectivity index (χ4v) is 3.82. The minimum atomic E-state index is -0.362. The van der Waals surface area contributed by atoms with Crippen LogP contribution in [0.25, 0.3) is 0 Å². The quantitative estimate of drug-likeness (QED) is 0.864. The summed E-state index contributed by atoms with van der Waals surface area (Å²) in [5.41, 5.74) is 2.31. The lowest BCUT2D eigenvalue weighted by Gasteiger charge is -2.42. The van der Waals surface area contributed by atoms with Gasteiger partial charge in [0, 0.05) is 24.6 Å². The smallest absolute Gasteiger partial charge is 0.261 e. The zero-order chi connectivity index (χ0) is 18.3. The summed E-state index contributed by atoms with van der Waals surface area (Å²) >= 11 is 0. The second-order valence-electron chi connectivity index (χ2n) is 7.11. The zero-order valence-corrected chi connectivity index (χ0v) is 14.6. The van der Waals surface area contributed by atoms with E-state index in [2.05, 4.69) is 17.4 Å². The summed E-state index contributed by atoms with van der Waals surface area (Å²) in [6.07, 6.45) is 3.27. The van der Waals surface area contributed by atoms with Crippen LogP contribution in [0.4, 0.5) is 0 Å². The molecule has 1 aliphatic carbocycles. The summed E-state index contributed by atoms with van der Waals surface area (Å²) in [4.78, 5) is 37.8. The lowest BCUT2D eigenvalue weighted by Crippen LogP contribution is -2.45. The predicted molar refractivity (Wildman–Crippen MR) is 97.2 cm³/mol. The molecular formula is C21H20N2O3. The van der Waals surface area contributed by atoms with Gasteiger partial charge in [-0.3, -0.25) is 19.3 Å². The number of carbonyl (C=O) groups is 3. The molecule has 1 N–H and O–H groups in total. The highest BCUT2D eigenvalue weighted by Gasteiger charge is 2.39. The van der Waals surface area contributed by atoms with Crippen LogP contribution in [-0.2, 0) is 5.41 Å². The van der Waals surface area contributed by atoms with E-state index in [9.17, 15) is 14.4 Å². The lowest BCUT2D eigenvalue weighted by atomic mass is 9.64. The molecule has 1 aliphatic heterocycles. The normalized spacial score (nSPS) is 17.7. The van der Waals surface area contributed by atoms with Gasteiger partial charge >= 0.3 is 0 Å². The van der Waals surface area contributed by atoms with Crippen LogP contribution in [0.2, 0.25) is 0 Å². The second kappa shape index (κ2) is 6.09. The molecular weight excluding hydrogens is 328 g/mol. The molecule has 0 unspecified atom stereocenters. The van der Waals surface area contributed by atoms with Gasteiger partial charge in [0.15, 0.2) is 0 Å². The molecule has 0 atom stereocenters. The molecule has 4 rings (SSSR count). The van der Waals surface area contributed by atoms with Crippen molar-refractivity contribution in [2.45, 2.75) is 24.7 Å². The van der Waals surface area contributed by atoms with E-state index >= 15 is 0 Å². The van der Waals surface area contributed by atoms with Crippen LogP contribution in [0.15, 0.2) is 48.5 Å². The number of imide groups is 1. The Hall–Kier alpha value is -2.95. The van der Waals surface area contributed by atoms with Crippen LogP contribution in [0, 0.1) is 0 Å². The molecule has 1 saturated carbocycles. The third kappa shape index (κ3) is 2.51. The fraction of sp³-hybridized carbons (Fsp3) is 0.286. The molecule has 3 amide bonds. The Balaban J connectivity index is 1.51. The average molecular weight is 348 g/mol. The number of carbonyl (C=O) groups excluding carboxylic acids is 3. The van der Waals surface area contributed by atoms with Crippen LogP contribution in [0.1, 0.15) is 55.9 Å². The topological polar surface area (TPSA) is 66.5 Å². The van der Waals surface area contributed by atoms with Crippen LogP contribution >= 0.6 is 0 Å². The molecule has 26 heavy (non-hydrogen) atoms. The van der Waals surface area contributed by atoms with Crippen LogP contribution in [0.5, 0.6) is 0 Å². The summed E-state index contributed by atoms with van der Waals surface area (Å²) < 4.78 is 0. The molecule has 1 heterocycles. The van der Waals surface area contributed by atoms with E-state index in [0.29, 0.717) is 23.2 Å². The maximum atomic E-state index is 12.6. The minimum Gasteiger partial charge on any atom is -0.351 e. The summed E-state index contributed by atoms with van der Waals surface area (Å²) in [6, 6.07) is 15.0. The van der Waals surface area contributed by atoms with Crippen molar-refractivity contribution < 1.29 is 14.4 Å². The highest BCUT2D eigenvalue weighted by atomic mass is 16.2. The Morgan fingerprint density at radius 1 is 1.04 bits per heavy atom. The highest BCUT2D eigenvalue weighted by Crippen LogP contribution is 2.43. The second-order valence-corrected chi connectivity index (χ2v) is 7.11. The summed E-state index contributed by atoms with van der Waals surface area (Å²) in [5.74, 6) is -0.904. The number of nitrogens with zero attached hydrogens (tertiary/aromatic N) is 1. The number of nitrogens with one attached hydrogen (secondary N) is 1. The van der Waals surface area contributed by atoms with E-state index in [1.165, 1.54) is 18.7 Å². The van der Waals surface area contributed by atoms with Crippen molar-refractivity contribution in [2.75, 3.05) is 13.6 Å². The van der Waals surface area contributed by atoms with Gasteiger partial charge < -0.3 is 5.32 Å². The molecule has 2 aromatic carbocycles. The Morgan fingerprint density at radius 3 is 2.38 bits per heavy atom. The van der Waals surface area contributed by atoms with E-state index in [0.717, 1.165) is 24.2 Å². The Kier molecular flexibility index (Phi) is 3.87. The van der Waals surface area contributed by atoms with Crippen LogP contribution < -0.4 is 5.32 Å². The predicted octanol–water partition coefficient (Wildman–Crippen LogP) is 2.76. The van der Waals surface area contributed by atoms with Crippen molar-refractivity contribution in [3.63, 3.8) is 0 Å². The van der Waals surface area contributed by atoms with Crippen LogP contribution in [0.3, 0.4) is 0 Å². The summed E-state index contributed by atoms with van der Waals surface area (Å²) in [6.45, 7) is 0.569. The maximum Gasteiger partial charge on any atom is 0.261 e. The van der Waals surface area contributed by atoms with E-state index < -0.39 is 0 Å². The molecule has 2 aromatic rings. The first kappa shape index (κ1) is 16.5. The van der Waals surface area contributed by atoms with E-state index in [4.69, 9.17) is 0 Å². The lowest BCUT2D eigenvalue weighted by molar-refractivity contribution is 0.0693. The van der Waals surface area contributed by atoms with Crippen molar-refractivity contribution in [1.82, 2.24) is 10.2 Å². The Labute approximate surface area is 152 Å². The van der Waals surface area contributed by atoms with Gasteiger partial charge in [0.1, 0.15) is 0 Å². The van der Waals surface area contributed by atoms with Crippen molar-refractivity contribution in [1.29, 1.82) is 0 Å². The summed E-state index contributed by atoms with van der Waals surface area (Å²) in [5, 5.41) is 3.02. The van der Waals surface area contributed by atoms with Crippen molar-refractivity contribution in [2.24, 2.45) is 0 Å². The Bertz CT molecular complexity index is 901. The largest absolute Gasteiger partial charge is 0.351 e. The molecule has 2 aliphatic rings. The summed E-state index contributed by atoms with van der Waals surface area (Å²) in [7, 11) is 1.45. The number of amides is 3. The minimum absolute atomic E-state index is 0.000346. The van der Waals surface area contributed by atoms with Crippen molar-refractivity contribution in [3.05, 3.63) is 70.8 Å². The average Bonchev–Trinajstić information content (AvgIpc) is 2.85. The van der Waals surface area contributed by atoms with Crippen molar-refractivity contribution in [3.8, 4) is 0 Å². The molecule has 1 fully saturated rings. The number of hydrogen-bond donors (Lipinski definition) is 1. The van der Waals surface area contributed by atoms with E-state index in [1.807, 2.05) is 18.2 Å². The molecule has 5 nitrogen and oxygen atoms in total. The molecule has 0 bridgehead atoms. The van der Waals surface area contributed by atoms with Gasteiger partial charge in [-0.25, -0.2) is 0 Å². The molecule has 132 valence electrons. The molecule has 5 heteroatoms. The monoisotopic (exact) mass is 348 g/mol. The van der Waals surface area contributed by atoms with Gasteiger partial charge in [0.25, 0.3) is 17.7 Å². The molecule has 0 radical (unpaired) electrons. The van der Waals surface area contributed by atoms with Gasteiger partial charge in [-0.05, 0) is 36.6 Å². The number of rotatable bonds is 4. The van der Waals surface area contributed by atoms with Crippen LogP contribution in [-0.4, -0.2) is 36.2 Å². The third-order valence-electron chi connectivity index (χ3n) is 5.64. The number of hydrogen-bond acceptors (Lipinski definition) is 3. The third-order valence-corrected chi connectivity index (χ3v) is 5.64. The zero-order valence-electron chi connectivity index (χ0n) is 14.6. The van der Waals surface area contributed by atoms with Gasteiger partial charge in [-0.15, -0.1) is 0 Å². The Morgan fingerprint density at radius 2 is 1.73 bits per heavy atom. The number of fused-ring (bicyclic) bond motifs is 1. The standard InChI is InChI=1S/C21H20N2O3/c1-23-19(25)16-9-8-14(12-17(16)20(23)26)18(24)22-13-21(10-5-11-21)15-6-3-2-4-7-15/h2-4,6-9,12H,5,10-11,13H2,1H3,(H,22,24). The van der Waals surface area contributed by atoms with Gasteiger partial charge in [-0.2, -0.15) is 0 Å².